The number of ether oxygens (including phenoxy) is 2. The predicted molar refractivity (Wildman–Crippen MR) is 109 cm³/mol. The SMILES string of the molecule is CCCCCCCCCOC(=O)C1CC=CCC1C(=O)OCCCCCC. The lowest BCUT2D eigenvalue weighted by Crippen LogP contribution is -2.34. The molecule has 0 saturated heterocycles. The van der Waals surface area contributed by atoms with Crippen LogP contribution in [0.4, 0.5) is 0 Å². The molecule has 0 aromatic carbocycles. The van der Waals surface area contributed by atoms with Gasteiger partial charge in [0, 0.05) is 0 Å². The molecule has 156 valence electrons. The summed E-state index contributed by atoms with van der Waals surface area (Å²) in [5.74, 6) is -1.25. The Labute approximate surface area is 166 Å². The lowest BCUT2D eigenvalue weighted by atomic mass is 9.83. The molecule has 2 unspecified atom stereocenters. The van der Waals surface area contributed by atoms with E-state index >= 15 is 0 Å². The van der Waals surface area contributed by atoms with Gasteiger partial charge in [0.25, 0.3) is 0 Å². The largest absolute Gasteiger partial charge is 0.465 e. The molecule has 0 heterocycles. The smallest absolute Gasteiger partial charge is 0.310 e. The molecule has 0 radical (unpaired) electrons. The third-order valence-corrected chi connectivity index (χ3v) is 5.27. The average molecular weight is 381 g/mol. The number of carbonyl (C=O) groups excluding carboxylic acids is 2. The van der Waals surface area contributed by atoms with E-state index in [0.717, 1.165) is 38.5 Å². The van der Waals surface area contributed by atoms with Gasteiger partial charge in [-0.2, -0.15) is 0 Å². The Morgan fingerprint density at radius 2 is 1.04 bits per heavy atom. The molecule has 1 rings (SSSR count). The molecule has 0 aromatic heterocycles. The highest BCUT2D eigenvalue weighted by Crippen LogP contribution is 2.28. The van der Waals surface area contributed by atoms with Crippen molar-refractivity contribution in [3.8, 4) is 0 Å². The minimum absolute atomic E-state index is 0.238. The molecule has 0 amide bonds. The number of hydrogen-bond donors (Lipinski definition) is 0. The Balaban J connectivity index is 2.25. The van der Waals surface area contributed by atoms with Crippen molar-refractivity contribution in [2.75, 3.05) is 13.2 Å². The number of rotatable bonds is 15. The predicted octanol–water partition coefficient (Wildman–Crippen LogP) is 5.99. The van der Waals surface area contributed by atoms with Gasteiger partial charge in [-0.1, -0.05) is 83.8 Å². The van der Waals surface area contributed by atoms with Crippen LogP contribution in [0.15, 0.2) is 12.2 Å². The fourth-order valence-corrected chi connectivity index (χ4v) is 3.48. The Kier molecular flexibility index (Phi) is 13.8. The number of hydrogen-bond acceptors (Lipinski definition) is 4. The molecule has 0 aliphatic heterocycles. The summed E-state index contributed by atoms with van der Waals surface area (Å²) in [6.07, 6.45) is 17.8. The summed E-state index contributed by atoms with van der Waals surface area (Å²) in [6, 6.07) is 0. The second-order valence-corrected chi connectivity index (χ2v) is 7.67. The molecule has 4 heteroatoms. The minimum Gasteiger partial charge on any atom is -0.465 e. The third kappa shape index (κ3) is 10.6. The van der Waals surface area contributed by atoms with Crippen molar-refractivity contribution in [2.24, 2.45) is 11.8 Å². The van der Waals surface area contributed by atoms with Gasteiger partial charge in [-0.25, -0.2) is 0 Å². The highest BCUT2D eigenvalue weighted by atomic mass is 16.5. The first-order valence-corrected chi connectivity index (χ1v) is 11.2. The molecule has 0 spiro atoms. The van der Waals surface area contributed by atoms with Crippen molar-refractivity contribution in [1.29, 1.82) is 0 Å². The molecule has 1 aliphatic carbocycles. The zero-order valence-corrected chi connectivity index (χ0v) is 17.5. The summed E-state index contributed by atoms with van der Waals surface area (Å²) in [7, 11) is 0. The highest BCUT2D eigenvalue weighted by Gasteiger charge is 2.36. The zero-order valence-electron chi connectivity index (χ0n) is 17.5. The number of allylic oxidation sites excluding steroid dienone is 2. The van der Waals surface area contributed by atoms with Gasteiger partial charge >= 0.3 is 11.9 Å². The molecule has 27 heavy (non-hydrogen) atoms. The van der Waals surface area contributed by atoms with Gasteiger partial charge in [0.1, 0.15) is 0 Å². The van der Waals surface area contributed by atoms with Crippen molar-refractivity contribution in [3.05, 3.63) is 12.2 Å². The fourth-order valence-electron chi connectivity index (χ4n) is 3.48. The van der Waals surface area contributed by atoms with Gasteiger partial charge in [-0.15, -0.1) is 0 Å². The van der Waals surface area contributed by atoms with Gasteiger partial charge in [0.05, 0.1) is 25.0 Å². The first kappa shape index (κ1) is 23.7. The first-order chi connectivity index (χ1) is 13.2. The molecular weight excluding hydrogens is 340 g/mol. The van der Waals surface area contributed by atoms with Crippen LogP contribution in [-0.4, -0.2) is 25.2 Å². The number of esters is 2. The van der Waals surface area contributed by atoms with Gasteiger partial charge in [0.2, 0.25) is 0 Å². The van der Waals surface area contributed by atoms with Crippen molar-refractivity contribution in [3.63, 3.8) is 0 Å². The van der Waals surface area contributed by atoms with E-state index in [4.69, 9.17) is 9.47 Å². The van der Waals surface area contributed by atoms with E-state index in [1.54, 1.807) is 0 Å². The zero-order chi connectivity index (χ0) is 19.7. The monoisotopic (exact) mass is 380 g/mol. The van der Waals surface area contributed by atoms with Crippen molar-refractivity contribution in [1.82, 2.24) is 0 Å². The maximum absolute atomic E-state index is 12.4. The molecular formula is C23H40O4. The maximum Gasteiger partial charge on any atom is 0.310 e. The molecule has 4 nitrogen and oxygen atoms in total. The summed E-state index contributed by atoms with van der Waals surface area (Å²) in [5, 5.41) is 0. The van der Waals surface area contributed by atoms with E-state index in [1.165, 1.54) is 32.1 Å². The average Bonchev–Trinajstić information content (AvgIpc) is 2.69. The van der Waals surface area contributed by atoms with Crippen LogP contribution in [0.1, 0.15) is 97.3 Å². The fraction of sp³-hybridized carbons (Fsp3) is 0.826. The number of carbonyl (C=O) groups is 2. The van der Waals surface area contributed by atoms with Crippen LogP contribution in [0, 0.1) is 11.8 Å². The third-order valence-electron chi connectivity index (χ3n) is 5.27. The quantitative estimate of drug-likeness (QED) is 0.199. The minimum atomic E-state index is -0.386. The van der Waals surface area contributed by atoms with Crippen LogP contribution in [0.5, 0.6) is 0 Å². The van der Waals surface area contributed by atoms with Crippen molar-refractivity contribution < 1.29 is 19.1 Å². The van der Waals surface area contributed by atoms with Crippen molar-refractivity contribution >= 4 is 11.9 Å². The van der Waals surface area contributed by atoms with E-state index in [1.807, 2.05) is 12.2 Å². The van der Waals surface area contributed by atoms with Crippen molar-refractivity contribution in [2.45, 2.75) is 97.3 Å². The molecule has 0 saturated carbocycles. The Morgan fingerprint density at radius 1 is 0.667 bits per heavy atom. The molecule has 0 fully saturated rings. The maximum atomic E-state index is 12.4. The van der Waals surface area contributed by atoms with Crippen LogP contribution in [0.2, 0.25) is 0 Å². The molecule has 2 atom stereocenters. The Hall–Kier alpha value is -1.32. The highest BCUT2D eigenvalue weighted by molar-refractivity contribution is 5.82. The van der Waals surface area contributed by atoms with Gasteiger partial charge < -0.3 is 9.47 Å². The topological polar surface area (TPSA) is 52.6 Å². The second-order valence-electron chi connectivity index (χ2n) is 7.67. The van der Waals surface area contributed by atoms with E-state index in [2.05, 4.69) is 13.8 Å². The Bertz CT molecular complexity index is 430. The summed E-state index contributed by atoms with van der Waals surface area (Å²) in [4.78, 5) is 24.8. The van der Waals surface area contributed by atoms with Crippen LogP contribution in [0.3, 0.4) is 0 Å². The first-order valence-electron chi connectivity index (χ1n) is 11.2. The van der Waals surface area contributed by atoms with Crippen LogP contribution < -0.4 is 0 Å². The molecule has 0 aromatic rings. The second kappa shape index (κ2) is 15.7. The summed E-state index contributed by atoms with van der Waals surface area (Å²) in [6.45, 7) is 5.29. The van der Waals surface area contributed by atoms with Crippen LogP contribution in [0.25, 0.3) is 0 Å². The normalized spacial score (nSPS) is 19.0. The lowest BCUT2D eigenvalue weighted by molar-refractivity contribution is -0.161. The summed E-state index contributed by atoms with van der Waals surface area (Å²) >= 11 is 0. The number of unbranched alkanes of at least 4 members (excludes halogenated alkanes) is 9. The van der Waals surface area contributed by atoms with Crippen LogP contribution in [-0.2, 0) is 19.1 Å². The lowest BCUT2D eigenvalue weighted by Gasteiger charge is -2.25. The van der Waals surface area contributed by atoms with E-state index < -0.39 is 0 Å². The molecule has 0 N–H and O–H groups in total. The van der Waals surface area contributed by atoms with Gasteiger partial charge in [0.15, 0.2) is 0 Å². The summed E-state index contributed by atoms with van der Waals surface area (Å²) in [5.41, 5.74) is 0. The standard InChI is InChI=1S/C23H40O4/c1-3-5-7-9-10-11-15-19-27-23(25)21-17-13-12-16-20(21)22(24)26-18-14-8-6-4-2/h12-13,20-21H,3-11,14-19H2,1-2H3. The molecule has 0 bridgehead atoms. The Morgan fingerprint density at radius 3 is 1.48 bits per heavy atom. The van der Waals surface area contributed by atoms with E-state index in [-0.39, 0.29) is 23.8 Å². The van der Waals surface area contributed by atoms with Crippen LogP contribution >= 0.6 is 0 Å². The van der Waals surface area contributed by atoms with Gasteiger partial charge in [-0.05, 0) is 25.7 Å². The summed E-state index contributed by atoms with van der Waals surface area (Å²) < 4.78 is 10.9. The van der Waals surface area contributed by atoms with E-state index in [9.17, 15) is 9.59 Å². The van der Waals surface area contributed by atoms with Gasteiger partial charge in [-0.3, -0.25) is 9.59 Å². The van der Waals surface area contributed by atoms with E-state index in [0.29, 0.717) is 26.1 Å². The molecule has 1 aliphatic rings.